The average Bonchev–Trinajstić information content (AvgIpc) is 3.40. The maximum Gasteiger partial charge on any atom is 0.257 e. The number of hydrogen-bond acceptors (Lipinski definition) is 6. The highest BCUT2D eigenvalue weighted by atomic mass is 16.5. The second-order valence-electron chi connectivity index (χ2n) is 6.75. The molecule has 3 heterocycles. The largest absolute Gasteiger partial charge is 0.472 e. The highest BCUT2D eigenvalue weighted by Crippen LogP contribution is 2.27. The van der Waals surface area contributed by atoms with Gasteiger partial charge in [-0.1, -0.05) is 17.3 Å². The minimum Gasteiger partial charge on any atom is -0.472 e. The molecule has 0 unspecified atom stereocenters. The zero-order chi connectivity index (χ0) is 19.5. The molecule has 0 radical (unpaired) electrons. The summed E-state index contributed by atoms with van der Waals surface area (Å²) in [5.74, 6) is 0.613. The van der Waals surface area contributed by atoms with Crippen LogP contribution < -0.4 is 5.32 Å². The Morgan fingerprint density at radius 1 is 1.18 bits per heavy atom. The van der Waals surface area contributed by atoms with Crippen molar-refractivity contribution in [2.75, 3.05) is 18.4 Å². The molecule has 1 aliphatic heterocycles. The van der Waals surface area contributed by atoms with Crippen molar-refractivity contribution in [3.8, 4) is 11.4 Å². The standard InChI is InChI=1S/C20H20N4O4/c1-13-21-18(23-28-13)16-4-2-3-5-17(16)22-19(25)14-6-9-24(10-7-14)20(26)15-8-11-27-12-15/h2-5,8,11-12,14H,6-7,9-10H2,1H3,(H,22,25). The average molecular weight is 380 g/mol. The van der Waals surface area contributed by atoms with Crippen LogP contribution in [-0.2, 0) is 4.79 Å². The quantitative estimate of drug-likeness (QED) is 0.746. The van der Waals surface area contributed by atoms with Gasteiger partial charge >= 0.3 is 0 Å². The molecule has 1 N–H and O–H groups in total. The van der Waals surface area contributed by atoms with E-state index >= 15 is 0 Å². The summed E-state index contributed by atoms with van der Waals surface area (Å²) in [5.41, 5.74) is 1.89. The first-order chi connectivity index (χ1) is 13.6. The first-order valence-electron chi connectivity index (χ1n) is 9.14. The molecule has 0 aliphatic carbocycles. The van der Waals surface area contributed by atoms with Crippen LogP contribution in [0, 0.1) is 12.8 Å². The molecular weight excluding hydrogens is 360 g/mol. The van der Waals surface area contributed by atoms with Gasteiger partial charge in [-0.3, -0.25) is 9.59 Å². The predicted octanol–water partition coefficient (Wildman–Crippen LogP) is 3.13. The first-order valence-corrected chi connectivity index (χ1v) is 9.14. The molecule has 8 nitrogen and oxygen atoms in total. The summed E-state index contributed by atoms with van der Waals surface area (Å²) in [6, 6.07) is 9.01. The molecule has 2 aromatic heterocycles. The van der Waals surface area contributed by atoms with Crippen LogP contribution in [0.5, 0.6) is 0 Å². The van der Waals surface area contributed by atoms with Crippen LogP contribution in [0.25, 0.3) is 11.4 Å². The Balaban J connectivity index is 1.40. The molecule has 0 spiro atoms. The number of carbonyl (C=O) groups is 2. The maximum absolute atomic E-state index is 12.8. The Morgan fingerprint density at radius 2 is 1.96 bits per heavy atom. The molecule has 8 heteroatoms. The molecule has 4 rings (SSSR count). The summed E-state index contributed by atoms with van der Waals surface area (Å²) in [6.45, 7) is 2.79. The van der Waals surface area contributed by atoms with Crippen molar-refractivity contribution in [1.29, 1.82) is 0 Å². The molecule has 1 aliphatic rings. The summed E-state index contributed by atoms with van der Waals surface area (Å²) in [4.78, 5) is 31.1. The molecule has 1 fully saturated rings. The van der Waals surface area contributed by atoms with E-state index < -0.39 is 0 Å². The number of likely N-dealkylation sites (tertiary alicyclic amines) is 1. The van der Waals surface area contributed by atoms with Crippen LogP contribution >= 0.6 is 0 Å². The Bertz CT molecular complexity index is 972. The number of nitrogens with one attached hydrogen (secondary N) is 1. The van der Waals surface area contributed by atoms with Gasteiger partial charge in [0.1, 0.15) is 6.26 Å². The number of piperidine rings is 1. The fraction of sp³-hybridized carbons (Fsp3) is 0.300. The number of para-hydroxylation sites is 1. The lowest BCUT2D eigenvalue weighted by atomic mass is 9.95. The molecule has 2 amide bonds. The number of aryl methyl sites for hydroxylation is 1. The summed E-state index contributed by atoms with van der Waals surface area (Å²) in [6.07, 6.45) is 4.14. The van der Waals surface area contributed by atoms with E-state index in [-0.39, 0.29) is 17.7 Å². The zero-order valence-electron chi connectivity index (χ0n) is 15.4. The van der Waals surface area contributed by atoms with Crippen LogP contribution in [0.4, 0.5) is 5.69 Å². The summed E-state index contributed by atoms with van der Waals surface area (Å²) >= 11 is 0. The van der Waals surface area contributed by atoms with Crippen molar-refractivity contribution in [1.82, 2.24) is 15.0 Å². The normalized spacial score (nSPS) is 14.8. The Morgan fingerprint density at radius 3 is 2.64 bits per heavy atom. The topological polar surface area (TPSA) is 101 Å². The first kappa shape index (κ1) is 18.0. The minimum atomic E-state index is -0.159. The molecule has 1 aromatic carbocycles. The second kappa shape index (κ2) is 7.67. The van der Waals surface area contributed by atoms with E-state index in [4.69, 9.17) is 8.94 Å². The van der Waals surface area contributed by atoms with Gasteiger partial charge in [0, 0.05) is 31.5 Å². The SMILES string of the molecule is Cc1nc(-c2ccccc2NC(=O)C2CCN(C(=O)c3ccoc3)CC2)no1. The molecule has 144 valence electrons. The molecule has 0 bridgehead atoms. The van der Waals surface area contributed by atoms with E-state index in [1.165, 1.54) is 12.5 Å². The number of aromatic nitrogens is 2. The number of benzene rings is 1. The molecule has 0 atom stereocenters. The summed E-state index contributed by atoms with van der Waals surface area (Å²) in [7, 11) is 0. The number of rotatable bonds is 4. The van der Waals surface area contributed by atoms with Crippen molar-refractivity contribution >= 4 is 17.5 Å². The molecule has 3 aromatic rings. The molecule has 28 heavy (non-hydrogen) atoms. The van der Waals surface area contributed by atoms with E-state index in [9.17, 15) is 9.59 Å². The lowest BCUT2D eigenvalue weighted by molar-refractivity contribution is -0.121. The monoisotopic (exact) mass is 380 g/mol. The van der Waals surface area contributed by atoms with Gasteiger partial charge in [0.05, 0.1) is 17.5 Å². The lowest BCUT2D eigenvalue weighted by Gasteiger charge is -2.31. The highest BCUT2D eigenvalue weighted by Gasteiger charge is 2.28. The fourth-order valence-electron chi connectivity index (χ4n) is 3.34. The molecule has 1 saturated heterocycles. The maximum atomic E-state index is 12.8. The van der Waals surface area contributed by atoms with E-state index in [0.717, 1.165) is 0 Å². The van der Waals surface area contributed by atoms with Crippen molar-refractivity contribution < 1.29 is 18.5 Å². The van der Waals surface area contributed by atoms with Gasteiger partial charge in [-0.05, 0) is 31.0 Å². The number of anilines is 1. The molecular formula is C20H20N4O4. The van der Waals surface area contributed by atoms with Crippen molar-refractivity contribution in [2.24, 2.45) is 5.92 Å². The predicted molar refractivity (Wildman–Crippen MR) is 100 cm³/mol. The third-order valence-corrected chi connectivity index (χ3v) is 4.87. The Labute approximate surface area is 161 Å². The Hall–Kier alpha value is -3.42. The van der Waals surface area contributed by atoms with Crippen LogP contribution in [0.2, 0.25) is 0 Å². The molecule has 0 saturated carbocycles. The van der Waals surface area contributed by atoms with Crippen LogP contribution in [0.15, 0.2) is 51.8 Å². The zero-order valence-corrected chi connectivity index (χ0v) is 15.4. The van der Waals surface area contributed by atoms with Crippen LogP contribution in [-0.4, -0.2) is 39.9 Å². The third kappa shape index (κ3) is 3.66. The lowest BCUT2D eigenvalue weighted by Crippen LogP contribution is -2.41. The number of nitrogens with zero attached hydrogens (tertiary/aromatic N) is 3. The number of carbonyl (C=O) groups excluding carboxylic acids is 2. The fourth-order valence-corrected chi connectivity index (χ4v) is 3.34. The van der Waals surface area contributed by atoms with Gasteiger partial charge in [-0.15, -0.1) is 0 Å². The van der Waals surface area contributed by atoms with Gasteiger partial charge in [-0.25, -0.2) is 0 Å². The van der Waals surface area contributed by atoms with Crippen molar-refractivity contribution in [2.45, 2.75) is 19.8 Å². The van der Waals surface area contributed by atoms with Gasteiger partial charge in [0.15, 0.2) is 0 Å². The van der Waals surface area contributed by atoms with Gasteiger partial charge < -0.3 is 19.2 Å². The summed E-state index contributed by atoms with van der Waals surface area (Å²) in [5, 5.41) is 6.91. The summed E-state index contributed by atoms with van der Waals surface area (Å²) < 4.78 is 10.0. The van der Waals surface area contributed by atoms with Gasteiger partial charge in [0.2, 0.25) is 17.6 Å². The third-order valence-electron chi connectivity index (χ3n) is 4.87. The van der Waals surface area contributed by atoms with Crippen molar-refractivity contribution in [3.63, 3.8) is 0 Å². The second-order valence-corrected chi connectivity index (χ2v) is 6.75. The van der Waals surface area contributed by atoms with Gasteiger partial charge in [0.25, 0.3) is 5.91 Å². The van der Waals surface area contributed by atoms with E-state index in [2.05, 4.69) is 15.5 Å². The van der Waals surface area contributed by atoms with E-state index in [1.807, 2.05) is 24.3 Å². The number of furan rings is 1. The van der Waals surface area contributed by atoms with Crippen LogP contribution in [0.3, 0.4) is 0 Å². The van der Waals surface area contributed by atoms with Crippen LogP contribution in [0.1, 0.15) is 29.1 Å². The van der Waals surface area contributed by atoms with Crippen molar-refractivity contribution in [3.05, 3.63) is 54.3 Å². The van der Waals surface area contributed by atoms with Gasteiger partial charge in [-0.2, -0.15) is 4.98 Å². The smallest absolute Gasteiger partial charge is 0.257 e. The number of amides is 2. The van der Waals surface area contributed by atoms with E-state index in [1.54, 1.807) is 17.9 Å². The minimum absolute atomic E-state index is 0.0644. The number of hydrogen-bond donors (Lipinski definition) is 1. The Kier molecular flexibility index (Phi) is 4.92. The van der Waals surface area contributed by atoms with E-state index in [0.29, 0.717) is 54.5 Å². The highest BCUT2D eigenvalue weighted by molar-refractivity contribution is 5.97.